The Morgan fingerprint density at radius 3 is 1.79 bits per heavy atom. The van der Waals surface area contributed by atoms with E-state index in [4.69, 9.17) is 49.5 Å². The van der Waals surface area contributed by atoms with E-state index in [-0.39, 0.29) is 6.61 Å². The highest BCUT2D eigenvalue weighted by molar-refractivity contribution is 14.1. The lowest BCUT2D eigenvalue weighted by Gasteiger charge is -2.45. The largest absolute Gasteiger partial charge is 0.463 e. The molecule has 0 N–H and O–H groups in total. The van der Waals surface area contributed by atoms with Crippen LogP contribution in [0.3, 0.4) is 0 Å². The van der Waals surface area contributed by atoms with Crippen LogP contribution in [0.5, 0.6) is 0 Å². The van der Waals surface area contributed by atoms with E-state index >= 15 is 0 Å². The second kappa shape index (κ2) is 14.1. The summed E-state index contributed by atoms with van der Waals surface area (Å²) in [5, 5.41) is 0. The fraction of sp³-hybridized carbons (Fsp3) is 0.783. The normalized spacial score (nSPS) is 34.6. The lowest BCUT2D eigenvalue weighted by Crippen LogP contribution is -2.63. The average Bonchev–Trinajstić information content (AvgIpc) is 3.08. The number of rotatable bonds is 10. The van der Waals surface area contributed by atoms with Gasteiger partial charge in [-0.05, 0) is 6.42 Å². The number of carbonyl (C=O) groups excluding carboxylic acids is 5. The molecule has 15 heteroatoms. The molecule has 0 aliphatic carbocycles. The van der Waals surface area contributed by atoms with E-state index in [0.717, 1.165) is 13.8 Å². The highest BCUT2D eigenvalue weighted by Gasteiger charge is 2.62. The van der Waals surface area contributed by atoms with E-state index in [1.54, 1.807) is 6.92 Å². The number of ether oxygens (including phenoxy) is 8. The van der Waals surface area contributed by atoms with Gasteiger partial charge in [-0.25, -0.2) is 0 Å². The van der Waals surface area contributed by atoms with E-state index < -0.39 is 88.4 Å². The highest BCUT2D eigenvalue weighted by Crippen LogP contribution is 2.42. The SMILES string of the molecule is CCC1OC(CCl)(OC2OC(COC(C)=O)C(I)C(OC(C)=O)C2OC(C)=O)C(OC(C)=O)C1OC(C)=O. The molecule has 2 saturated heterocycles. The molecule has 0 saturated carbocycles. The van der Waals surface area contributed by atoms with Gasteiger partial charge < -0.3 is 37.9 Å². The molecule has 2 aliphatic rings. The summed E-state index contributed by atoms with van der Waals surface area (Å²) in [5.41, 5.74) is 0. The van der Waals surface area contributed by atoms with Crippen molar-refractivity contribution < 1.29 is 61.9 Å². The number of carbonyl (C=O) groups is 5. The molecule has 2 aliphatic heterocycles. The fourth-order valence-corrected chi connectivity index (χ4v) is 5.39. The molecule has 0 bridgehead atoms. The average molecular weight is 679 g/mol. The molecule has 0 aromatic rings. The van der Waals surface area contributed by atoms with Gasteiger partial charge in [-0.15, -0.1) is 11.6 Å². The van der Waals surface area contributed by atoms with Crippen molar-refractivity contribution in [3.63, 3.8) is 0 Å². The number of hydrogen-bond acceptors (Lipinski definition) is 13. The van der Waals surface area contributed by atoms with Crippen LogP contribution in [-0.4, -0.2) is 95.0 Å². The van der Waals surface area contributed by atoms with Crippen molar-refractivity contribution >= 4 is 64.0 Å². The van der Waals surface area contributed by atoms with Gasteiger partial charge in [-0.1, -0.05) is 29.5 Å². The van der Waals surface area contributed by atoms with E-state index in [1.807, 2.05) is 22.6 Å². The Balaban J connectivity index is 2.55. The van der Waals surface area contributed by atoms with Crippen LogP contribution in [0.4, 0.5) is 0 Å². The summed E-state index contributed by atoms with van der Waals surface area (Å²) in [5.74, 6) is -5.76. The molecule has 2 fully saturated rings. The van der Waals surface area contributed by atoms with Crippen molar-refractivity contribution in [2.24, 2.45) is 0 Å². The summed E-state index contributed by atoms with van der Waals surface area (Å²) in [7, 11) is 0. The van der Waals surface area contributed by atoms with E-state index in [1.165, 1.54) is 20.8 Å². The first-order chi connectivity index (χ1) is 17.7. The van der Waals surface area contributed by atoms with Crippen LogP contribution in [0.2, 0.25) is 0 Å². The fourth-order valence-electron chi connectivity index (χ4n) is 4.18. The number of hydrogen-bond donors (Lipinski definition) is 0. The Morgan fingerprint density at radius 2 is 1.32 bits per heavy atom. The predicted molar refractivity (Wildman–Crippen MR) is 135 cm³/mol. The van der Waals surface area contributed by atoms with Crippen LogP contribution < -0.4 is 0 Å². The Labute approximate surface area is 238 Å². The van der Waals surface area contributed by atoms with Gasteiger partial charge in [0.15, 0.2) is 24.4 Å². The van der Waals surface area contributed by atoms with Crippen molar-refractivity contribution in [3.8, 4) is 0 Å². The van der Waals surface area contributed by atoms with Crippen LogP contribution in [-0.2, 0) is 61.9 Å². The van der Waals surface area contributed by atoms with Gasteiger partial charge in [0.1, 0.15) is 18.8 Å². The van der Waals surface area contributed by atoms with Gasteiger partial charge in [-0.3, -0.25) is 24.0 Å². The first kappa shape index (κ1) is 32.5. The molecule has 0 spiro atoms. The third kappa shape index (κ3) is 8.13. The zero-order valence-corrected chi connectivity index (χ0v) is 24.7. The maximum absolute atomic E-state index is 12.0. The second-order valence-electron chi connectivity index (χ2n) is 8.67. The molecule has 0 radical (unpaired) electrons. The monoisotopic (exact) mass is 678 g/mol. The van der Waals surface area contributed by atoms with Crippen LogP contribution in [0, 0.1) is 0 Å². The quantitative estimate of drug-likeness (QED) is 0.142. The van der Waals surface area contributed by atoms with Gasteiger partial charge in [-0.2, -0.15) is 0 Å². The molecule has 0 aromatic carbocycles. The molecule has 0 amide bonds. The number of alkyl halides is 2. The Hall–Kier alpha value is -1.75. The summed E-state index contributed by atoms with van der Waals surface area (Å²) in [4.78, 5) is 59.3. The number of esters is 5. The molecular formula is C23H32ClIO13. The lowest BCUT2D eigenvalue weighted by atomic mass is 10.0. The van der Waals surface area contributed by atoms with Crippen molar-refractivity contribution in [2.75, 3.05) is 12.5 Å². The summed E-state index contributed by atoms with van der Waals surface area (Å²) >= 11 is 8.26. The van der Waals surface area contributed by atoms with Crippen LogP contribution in [0.25, 0.3) is 0 Å². The maximum atomic E-state index is 12.0. The minimum atomic E-state index is -1.94. The molecule has 2 rings (SSSR count). The van der Waals surface area contributed by atoms with Crippen molar-refractivity contribution in [1.29, 1.82) is 0 Å². The summed E-state index contributed by atoms with van der Waals surface area (Å²) in [6, 6.07) is 0. The van der Waals surface area contributed by atoms with Crippen LogP contribution in [0.15, 0.2) is 0 Å². The first-order valence-electron chi connectivity index (χ1n) is 11.8. The van der Waals surface area contributed by atoms with Crippen molar-refractivity contribution in [2.45, 2.75) is 101 Å². The van der Waals surface area contributed by atoms with E-state index in [0.29, 0.717) is 6.42 Å². The summed E-state index contributed by atoms with van der Waals surface area (Å²) in [6.45, 7) is 7.36. The van der Waals surface area contributed by atoms with Crippen LogP contribution >= 0.6 is 34.2 Å². The topological polar surface area (TPSA) is 159 Å². The van der Waals surface area contributed by atoms with Crippen molar-refractivity contribution in [1.82, 2.24) is 0 Å². The second-order valence-corrected chi connectivity index (χ2v) is 10.4. The Kier molecular flexibility index (Phi) is 12.0. The highest BCUT2D eigenvalue weighted by atomic mass is 127. The Bertz CT molecular complexity index is 901. The molecule has 38 heavy (non-hydrogen) atoms. The lowest BCUT2D eigenvalue weighted by molar-refractivity contribution is -0.358. The third-order valence-electron chi connectivity index (χ3n) is 5.57. The van der Waals surface area contributed by atoms with Gasteiger partial charge in [0.25, 0.3) is 0 Å². The van der Waals surface area contributed by atoms with Crippen LogP contribution in [0.1, 0.15) is 48.0 Å². The standard InChI is InChI=1S/C23H32ClIO13/c1-7-15-18(32-11(3)27)21(35-14(6)30)23(9-24,37-15)38-22-20(34-13(5)29)19(33-12(4)28)17(25)16(36-22)8-31-10(2)26/h15-22H,7-9H2,1-6H3. The zero-order chi connectivity index (χ0) is 28.8. The molecular weight excluding hydrogens is 647 g/mol. The summed E-state index contributed by atoms with van der Waals surface area (Å²) in [6.07, 6.45) is -7.76. The molecule has 216 valence electrons. The van der Waals surface area contributed by atoms with Gasteiger partial charge >= 0.3 is 29.8 Å². The predicted octanol–water partition coefficient (Wildman–Crippen LogP) is 1.57. The smallest absolute Gasteiger partial charge is 0.303 e. The molecule has 0 aromatic heterocycles. The molecule has 9 atom stereocenters. The zero-order valence-electron chi connectivity index (χ0n) is 21.8. The molecule has 9 unspecified atom stereocenters. The minimum Gasteiger partial charge on any atom is -0.463 e. The summed E-state index contributed by atoms with van der Waals surface area (Å²) < 4.78 is 44.6. The number of halogens is 2. The third-order valence-corrected chi connectivity index (χ3v) is 7.46. The van der Waals surface area contributed by atoms with Gasteiger partial charge in [0, 0.05) is 34.6 Å². The maximum Gasteiger partial charge on any atom is 0.303 e. The van der Waals surface area contributed by atoms with Crippen molar-refractivity contribution in [3.05, 3.63) is 0 Å². The first-order valence-corrected chi connectivity index (χ1v) is 13.6. The van der Waals surface area contributed by atoms with E-state index in [2.05, 4.69) is 0 Å². The Morgan fingerprint density at radius 1 is 0.789 bits per heavy atom. The molecule has 13 nitrogen and oxygen atoms in total. The van der Waals surface area contributed by atoms with E-state index in [9.17, 15) is 24.0 Å². The minimum absolute atomic E-state index is 0.247. The van der Waals surface area contributed by atoms with Gasteiger partial charge in [0.05, 0.1) is 9.80 Å². The van der Waals surface area contributed by atoms with Gasteiger partial charge in [0.2, 0.25) is 12.1 Å². The molecule has 2 heterocycles.